The Kier molecular flexibility index (Phi) is 2.72. The van der Waals surface area contributed by atoms with Crippen LogP contribution in [-0.4, -0.2) is 19.2 Å². The number of hydrogen-bond donors (Lipinski definition) is 0. The SMILES string of the molecule is CCOC(=O)C1=CC=COC1. The Balaban J connectivity index is 2.52. The molecule has 1 aliphatic heterocycles. The fourth-order valence-electron chi connectivity index (χ4n) is 0.748. The second-order valence-electron chi connectivity index (χ2n) is 2.05. The van der Waals surface area contributed by atoms with E-state index in [4.69, 9.17) is 9.47 Å². The van der Waals surface area contributed by atoms with Crippen LogP contribution in [0.3, 0.4) is 0 Å². The van der Waals surface area contributed by atoms with Crippen LogP contribution in [0.2, 0.25) is 0 Å². The number of esters is 1. The summed E-state index contributed by atoms with van der Waals surface area (Å²) in [5.74, 6) is -0.295. The second-order valence-corrected chi connectivity index (χ2v) is 2.05. The van der Waals surface area contributed by atoms with E-state index in [1.807, 2.05) is 0 Å². The Morgan fingerprint density at radius 3 is 3.18 bits per heavy atom. The first-order valence-corrected chi connectivity index (χ1v) is 3.49. The molecule has 11 heavy (non-hydrogen) atoms. The fraction of sp³-hybridized carbons (Fsp3) is 0.375. The van der Waals surface area contributed by atoms with E-state index in [2.05, 4.69) is 0 Å². The molecule has 0 atom stereocenters. The van der Waals surface area contributed by atoms with Crippen LogP contribution in [0.4, 0.5) is 0 Å². The highest BCUT2D eigenvalue weighted by Crippen LogP contribution is 2.04. The molecule has 0 aromatic rings. The summed E-state index contributed by atoms with van der Waals surface area (Å²) in [4.78, 5) is 11.0. The van der Waals surface area contributed by atoms with Crippen molar-refractivity contribution in [1.82, 2.24) is 0 Å². The van der Waals surface area contributed by atoms with Gasteiger partial charge in [0.1, 0.15) is 6.61 Å². The van der Waals surface area contributed by atoms with E-state index in [1.54, 1.807) is 25.3 Å². The third-order valence-corrected chi connectivity index (χ3v) is 1.25. The number of allylic oxidation sites excluding steroid dienone is 2. The van der Waals surface area contributed by atoms with Crippen molar-refractivity contribution in [3.63, 3.8) is 0 Å². The van der Waals surface area contributed by atoms with Gasteiger partial charge in [0, 0.05) is 0 Å². The molecule has 60 valence electrons. The van der Waals surface area contributed by atoms with Gasteiger partial charge in [-0.2, -0.15) is 0 Å². The summed E-state index contributed by atoms with van der Waals surface area (Å²) in [5, 5.41) is 0. The Morgan fingerprint density at radius 2 is 2.64 bits per heavy atom. The molecule has 3 nitrogen and oxygen atoms in total. The lowest BCUT2D eigenvalue weighted by atomic mass is 10.2. The lowest BCUT2D eigenvalue weighted by molar-refractivity contribution is -0.139. The lowest BCUT2D eigenvalue weighted by Gasteiger charge is -2.08. The molecule has 0 saturated carbocycles. The summed E-state index contributed by atoms with van der Waals surface area (Å²) in [5.41, 5.74) is 0.564. The lowest BCUT2D eigenvalue weighted by Crippen LogP contribution is -2.12. The zero-order valence-electron chi connectivity index (χ0n) is 6.37. The molecule has 1 heterocycles. The molecule has 0 unspecified atom stereocenters. The fourth-order valence-corrected chi connectivity index (χ4v) is 0.748. The van der Waals surface area contributed by atoms with E-state index in [-0.39, 0.29) is 5.97 Å². The standard InChI is InChI=1S/C8H10O3/c1-2-11-8(9)7-4-3-5-10-6-7/h3-5H,2,6H2,1H3. The molecule has 0 bridgehead atoms. The molecular formula is C8H10O3. The topological polar surface area (TPSA) is 35.5 Å². The predicted octanol–water partition coefficient (Wildman–Crippen LogP) is 1.02. The van der Waals surface area contributed by atoms with E-state index >= 15 is 0 Å². The van der Waals surface area contributed by atoms with Crippen LogP contribution in [0.5, 0.6) is 0 Å². The average molecular weight is 154 g/mol. The molecule has 0 aromatic heterocycles. The van der Waals surface area contributed by atoms with Gasteiger partial charge in [-0.3, -0.25) is 0 Å². The quantitative estimate of drug-likeness (QED) is 0.557. The van der Waals surface area contributed by atoms with Crippen LogP contribution >= 0.6 is 0 Å². The van der Waals surface area contributed by atoms with Crippen LogP contribution in [0.15, 0.2) is 24.0 Å². The summed E-state index contributed by atoms with van der Waals surface area (Å²) in [7, 11) is 0. The number of hydrogen-bond acceptors (Lipinski definition) is 3. The highest BCUT2D eigenvalue weighted by molar-refractivity contribution is 5.89. The van der Waals surface area contributed by atoms with Gasteiger partial charge in [0.25, 0.3) is 0 Å². The van der Waals surface area contributed by atoms with E-state index < -0.39 is 0 Å². The van der Waals surface area contributed by atoms with Crippen LogP contribution in [0.1, 0.15) is 6.92 Å². The van der Waals surface area contributed by atoms with Crippen molar-refractivity contribution in [3.05, 3.63) is 24.0 Å². The highest BCUT2D eigenvalue weighted by Gasteiger charge is 2.10. The highest BCUT2D eigenvalue weighted by atomic mass is 16.5. The van der Waals surface area contributed by atoms with Gasteiger partial charge in [-0.15, -0.1) is 0 Å². The van der Waals surface area contributed by atoms with Gasteiger partial charge in [-0.25, -0.2) is 4.79 Å². The van der Waals surface area contributed by atoms with E-state index in [1.165, 1.54) is 0 Å². The first-order chi connectivity index (χ1) is 5.34. The van der Waals surface area contributed by atoms with Gasteiger partial charge in [-0.1, -0.05) is 0 Å². The zero-order valence-corrected chi connectivity index (χ0v) is 6.37. The van der Waals surface area contributed by atoms with Crippen LogP contribution < -0.4 is 0 Å². The number of rotatable bonds is 2. The first kappa shape index (κ1) is 7.85. The van der Waals surface area contributed by atoms with Crippen LogP contribution in [0.25, 0.3) is 0 Å². The maximum atomic E-state index is 11.0. The van der Waals surface area contributed by atoms with Crippen molar-refractivity contribution in [3.8, 4) is 0 Å². The molecule has 0 N–H and O–H groups in total. The summed E-state index contributed by atoms with van der Waals surface area (Å²) in [6, 6.07) is 0. The van der Waals surface area contributed by atoms with Crippen molar-refractivity contribution in [2.45, 2.75) is 6.92 Å². The average Bonchev–Trinajstić information content (AvgIpc) is 2.07. The minimum absolute atomic E-state index is 0.295. The minimum atomic E-state index is -0.295. The van der Waals surface area contributed by atoms with Gasteiger partial charge >= 0.3 is 5.97 Å². The summed E-state index contributed by atoms with van der Waals surface area (Å²) in [6.45, 7) is 2.49. The molecule has 0 aromatic carbocycles. The van der Waals surface area contributed by atoms with Gasteiger partial charge in [-0.05, 0) is 19.1 Å². The van der Waals surface area contributed by atoms with Gasteiger partial charge in [0.05, 0.1) is 18.4 Å². The molecule has 0 saturated heterocycles. The number of carbonyl (C=O) groups excluding carboxylic acids is 1. The monoisotopic (exact) mass is 154 g/mol. The third kappa shape index (κ3) is 2.11. The predicted molar refractivity (Wildman–Crippen MR) is 39.8 cm³/mol. The maximum Gasteiger partial charge on any atom is 0.337 e. The molecule has 1 rings (SSSR count). The summed E-state index contributed by atoms with van der Waals surface area (Å²) in [6.07, 6.45) is 4.92. The largest absolute Gasteiger partial charge is 0.496 e. The Morgan fingerprint density at radius 1 is 1.82 bits per heavy atom. The Hall–Kier alpha value is -1.25. The minimum Gasteiger partial charge on any atom is -0.496 e. The van der Waals surface area contributed by atoms with Crippen LogP contribution in [0, 0.1) is 0 Å². The summed E-state index contributed by atoms with van der Waals surface area (Å²) < 4.78 is 9.66. The molecule has 0 amide bonds. The molecule has 0 radical (unpaired) electrons. The Labute approximate surface area is 65.3 Å². The zero-order chi connectivity index (χ0) is 8.10. The van der Waals surface area contributed by atoms with E-state index in [0.717, 1.165) is 0 Å². The van der Waals surface area contributed by atoms with Gasteiger partial charge in [0.15, 0.2) is 0 Å². The molecular weight excluding hydrogens is 144 g/mol. The van der Waals surface area contributed by atoms with Crippen LogP contribution in [-0.2, 0) is 14.3 Å². The third-order valence-electron chi connectivity index (χ3n) is 1.25. The van der Waals surface area contributed by atoms with Gasteiger partial charge in [0.2, 0.25) is 0 Å². The summed E-state index contributed by atoms with van der Waals surface area (Å²) >= 11 is 0. The molecule has 0 fully saturated rings. The second kappa shape index (κ2) is 3.81. The maximum absolute atomic E-state index is 11.0. The normalized spacial score (nSPS) is 15.2. The number of ether oxygens (including phenoxy) is 2. The smallest absolute Gasteiger partial charge is 0.337 e. The molecule has 0 spiro atoms. The van der Waals surface area contributed by atoms with Gasteiger partial charge < -0.3 is 9.47 Å². The number of carbonyl (C=O) groups is 1. The van der Waals surface area contributed by atoms with E-state index in [9.17, 15) is 4.79 Å². The van der Waals surface area contributed by atoms with E-state index in [0.29, 0.717) is 18.8 Å². The molecule has 0 aliphatic carbocycles. The van der Waals surface area contributed by atoms with Crippen molar-refractivity contribution in [2.75, 3.05) is 13.2 Å². The molecule has 3 heteroatoms. The first-order valence-electron chi connectivity index (χ1n) is 3.49. The Bertz CT molecular complexity index is 203. The van der Waals surface area contributed by atoms with Crippen molar-refractivity contribution < 1.29 is 14.3 Å². The van der Waals surface area contributed by atoms with Crippen molar-refractivity contribution in [2.24, 2.45) is 0 Å². The van der Waals surface area contributed by atoms with Crippen molar-refractivity contribution in [1.29, 1.82) is 0 Å². The van der Waals surface area contributed by atoms with Crippen molar-refractivity contribution >= 4 is 5.97 Å². The molecule has 1 aliphatic rings.